The van der Waals surface area contributed by atoms with Crippen LogP contribution >= 0.6 is 0 Å². The van der Waals surface area contributed by atoms with Crippen LogP contribution in [-0.4, -0.2) is 43.9 Å². The molecule has 140 valence electrons. The lowest BCUT2D eigenvalue weighted by molar-refractivity contribution is -0.116. The minimum atomic E-state index is -3.33. The summed E-state index contributed by atoms with van der Waals surface area (Å²) in [5.74, 6) is -0.469. The Kier molecular flexibility index (Phi) is 8.57. The smallest absolute Gasteiger partial charge is 0.225 e. The molecule has 1 aromatic rings. The third-order valence-electron chi connectivity index (χ3n) is 3.54. The van der Waals surface area contributed by atoms with Gasteiger partial charge in [0.25, 0.3) is 0 Å². The topological polar surface area (TPSA) is 95.6 Å². The number of nitrogens with zero attached hydrogens (tertiary/aromatic N) is 1. The zero-order valence-electron chi connectivity index (χ0n) is 15.0. The van der Waals surface area contributed by atoms with Gasteiger partial charge in [-0.25, -0.2) is 12.7 Å². The Morgan fingerprint density at radius 3 is 2.28 bits per heavy atom. The first kappa shape index (κ1) is 21.1. The predicted octanol–water partition coefficient (Wildman–Crippen LogP) is 2.43. The van der Waals surface area contributed by atoms with E-state index in [1.165, 1.54) is 11.2 Å². The Morgan fingerprint density at radius 2 is 1.72 bits per heavy atom. The van der Waals surface area contributed by atoms with Gasteiger partial charge in [-0.05, 0) is 24.6 Å². The van der Waals surface area contributed by atoms with E-state index in [1.807, 2.05) is 6.92 Å². The number of sulfonamides is 1. The van der Waals surface area contributed by atoms with Gasteiger partial charge in [0.15, 0.2) is 0 Å². The number of unbranched alkanes of at least 4 members (excludes halogenated alkanes) is 2. The van der Waals surface area contributed by atoms with Gasteiger partial charge in [0.2, 0.25) is 21.8 Å². The largest absolute Gasteiger partial charge is 0.326 e. The van der Waals surface area contributed by atoms with Crippen molar-refractivity contribution >= 4 is 33.2 Å². The first-order valence-electron chi connectivity index (χ1n) is 8.35. The van der Waals surface area contributed by atoms with Crippen LogP contribution < -0.4 is 10.6 Å². The van der Waals surface area contributed by atoms with Crippen molar-refractivity contribution in [3.05, 3.63) is 24.3 Å². The van der Waals surface area contributed by atoms with E-state index in [0.29, 0.717) is 17.9 Å². The van der Waals surface area contributed by atoms with Gasteiger partial charge in [-0.15, -0.1) is 0 Å². The summed E-state index contributed by atoms with van der Waals surface area (Å²) in [5.41, 5.74) is 1.13. The molecule has 0 radical (unpaired) electrons. The van der Waals surface area contributed by atoms with Crippen molar-refractivity contribution < 1.29 is 18.0 Å². The van der Waals surface area contributed by atoms with Crippen molar-refractivity contribution in [2.75, 3.05) is 30.0 Å². The monoisotopic (exact) mass is 369 g/mol. The maximum absolute atomic E-state index is 12.1. The number of amides is 2. The second-order valence-electron chi connectivity index (χ2n) is 5.93. The van der Waals surface area contributed by atoms with Crippen molar-refractivity contribution in [3.8, 4) is 0 Å². The molecular formula is C17H27N3O4S. The first-order valence-corrected chi connectivity index (χ1v) is 10.2. The van der Waals surface area contributed by atoms with Crippen LogP contribution in [-0.2, 0) is 19.6 Å². The standard InChI is InChI=1S/C17H27N3O4S/c1-4-5-6-11-20(25(3,23)24)12-10-17(22)19-16-9-7-8-15(13-16)18-14(2)21/h7-9,13H,4-6,10-12H2,1-3H3,(H,18,21)(H,19,22). The number of benzene rings is 1. The quantitative estimate of drug-likeness (QED) is 0.619. The van der Waals surface area contributed by atoms with E-state index in [9.17, 15) is 18.0 Å². The van der Waals surface area contributed by atoms with E-state index < -0.39 is 10.0 Å². The summed E-state index contributed by atoms with van der Waals surface area (Å²) in [4.78, 5) is 23.2. The Labute approximate surface area is 149 Å². The van der Waals surface area contributed by atoms with Crippen LogP contribution in [0.4, 0.5) is 11.4 Å². The molecule has 0 aliphatic heterocycles. The molecule has 2 N–H and O–H groups in total. The molecule has 25 heavy (non-hydrogen) atoms. The summed E-state index contributed by atoms with van der Waals surface area (Å²) in [6, 6.07) is 6.79. The normalized spacial score (nSPS) is 11.4. The summed E-state index contributed by atoms with van der Waals surface area (Å²) in [5, 5.41) is 5.36. The Balaban J connectivity index is 2.58. The number of carbonyl (C=O) groups excluding carboxylic acids is 2. The zero-order chi connectivity index (χ0) is 18.9. The van der Waals surface area contributed by atoms with Crippen LogP contribution in [0, 0.1) is 0 Å². The molecule has 0 aromatic heterocycles. The molecule has 0 aliphatic rings. The number of nitrogens with one attached hydrogen (secondary N) is 2. The van der Waals surface area contributed by atoms with Crippen LogP contribution in [0.2, 0.25) is 0 Å². The average molecular weight is 369 g/mol. The maximum atomic E-state index is 12.1. The minimum Gasteiger partial charge on any atom is -0.326 e. The second kappa shape index (κ2) is 10.1. The van der Waals surface area contributed by atoms with E-state index in [-0.39, 0.29) is 24.8 Å². The highest BCUT2D eigenvalue weighted by Gasteiger charge is 2.17. The van der Waals surface area contributed by atoms with Crippen LogP contribution in [0.3, 0.4) is 0 Å². The number of rotatable bonds is 10. The lowest BCUT2D eigenvalue weighted by atomic mass is 10.2. The van der Waals surface area contributed by atoms with Crippen molar-refractivity contribution in [2.45, 2.75) is 39.5 Å². The second-order valence-corrected chi connectivity index (χ2v) is 7.91. The van der Waals surface area contributed by atoms with E-state index >= 15 is 0 Å². The van der Waals surface area contributed by atoms with Gasteiger partial charge in [-0.3, -0.25) is 9.59 Å². The fraction of sp³-hybridized carbons (Fsp3) is 0.529. The first-order chi connectivity index (χ1) is 11.7. The highest BCUT2D eigenvalue weighted by atomic mass is 32.2. The molecule has 0 atom stereocenters. The third kappa shape index (κ3) is 8.64. The molecule has 0 unspecified atom stereocenters. The number of hydrogen-bond donors (Lipinski definition) is 2. The molecule has 8 heteroatoms. The highest BCUT2D eigenvalue weighted by Crippen LogP contribution is 2.15. The van der Waals surface area contributed by atoms with E-state index in [2.05, 4.69) is 10.6 Å². The summed E-state index contributed by atoms with van der Waals surface area (Å²) in [6.45, 7) is 4.04. The maximum Gasteiger partial charge on any atom is 0.225 e. The van der Waals surface area contributed by atoms with Crippen LogP contribution in [0.1, 0.15) is 39.5 Å². The van der Waals surface area contributed by atoms with Crippen LogP contribution in [0.25, 0.3) is 0 Å². The van der Waals surface area contributed by atoms with Gasteiger partial charge >= 0.3 is 0 Å². The molecular weight excluding hydrogens is 342 g/mol. The number of hydrogen-bond acceptors (Lipinski definition) is 4. The van der Waals surface area contributed by atoms with Gasteiger partial charge in [0.05, 0.1) is 6.26 Å². The van der Waals surface area contributed by atoms with Gasteiger partial charge < -0.3 is 10.6 Å². The van der Waals surface area contributed by atoms with Gasteiger partial charge in [-0.2, -0.15) is 0 Å². The van der Waals surface area contributed by atoms with Gasteiger partial charge in [0.1, 0.15) is 0 Å². The number of carbonyl (C=O) groups is 2. The summed E-state index contributed by atoms with van der Waals surface area (Å²) < 4.78 is 24.9. The van der Waals surface area contributed by atoms with Crippen LogP contribution in [0.5, 0.6) is 0 Å². The Morgan fingerprint density at radius 1 is 1.08 bits per heavy atom. The molecule has 0 saturated carbocycles. The molecule has 0 heterocycles. The van der Waals surface area contributed by atoms with Crippen molar-refractivity contribution in [1.29, 1.82) is 0 Å². The van der Waals surface area contributed by atoms with Crippen molar-refractivity contribution in [2.24, 2.45) is 0 Å². The molecule has 0 bridgehead atoms. The van der Waals surface area contributed by atoms with Crippen molar-refractivity contribution in [3.63, 3.8) is 0 Å². The Bertz CT molecular complexity index is 689. The molecule has 0 spiro atoms. The molecule has 0 aliphatic carbocycles. The molecule has 0 saturated heterocycles. The lowest BCUT2D eigenvalue weighted by Gasteiger charge is -2.19. The van der Waals surface area contributed by atoms with Crippen LogP contribution in [0.15, 0.2) is 24.3 Å². The Hall–Kier alpha value is -1.93. The number of anilines is 2. The average Bonchev–Trinajstić information content (AvgIpc) is 2.49. The molecule has 7 nitrogen and oxygen atoms in total. The highest BCUT2D eigenvalue weighted by molar-refractivity contribution is 7.88. The molecule has 1 aromatic carbocycles. The zero-order valence-corrected chi connectivity index (χ0v) is 15.9. The summed E-state index contributed by atoms with van der Waals surface area (Å²) >= 11 is 0. The molecule has 1 rings (SSSR count). The predicted molar refractivity (Wildman–Crippen MR) is 99.9 cm³/mol. The van der Waals surface area contributed by atoms with Gasteiger partial charge in [0, 0.05) is 37.8 Å². The SMILES string of the molecule is CCCCCN(CCC(=O)Nc1cccc(NC(C)=O)c1)S(C)(=O)=O. The third-order valence-corrected chi connectivity index (χ3v) is 4.84. The minimum absolute atomic E-state index is 0.0730. The lowest BCUT2D eigenvalue weighted by Crippen LogP contribution is -2.33. The fourth-order valence-electron chi connectivity index (χ4n) is 2.31. The van der Waals surface area contributed by atoms with E-state index in [4.69, 9.17) is 0 Å². The van der Waals surface area contributed by atoms with E-state index in [0.717, 1.165) is 25.5 Å². The summed E-state index contributed by atoms with van der Waals surface area (Å²) in [6.07, 6.45) is 3.97. The summed E-state index contributed by atoms with van der Waals surface area (Å²) in [7, 11) is -3.33. The molecule has 0 fully saturated rings. The van der Waals surface area contributed by atoms with Gasteiger partial charge in [-0.1, -0.05) is 25.8 Å². The molecule has 2 amide bonds. The van der Waals surface area contributed by atoms with E-state index in [1.54, 1.807) is 24.3 Å². The fourth-order valence-corrected chi connectivity index (χ4v) is 3.19. The van der Waals surface area contributed by atoms with Crippen molar-refractivity contribution in [1.82, 2.24) is 4.31 Å².